The Morgan fingerprint density at radius 2 is 0.704 bits per heavy atom. The maximum Gasteiger partial charge on any atom is 0.229 e. The van der Waals surface area contributed by atoms with E-state index < -0.39 is 0 Å². The van der Waals surface area contributed by atoms with Gasteiger partial charge in [0.2, 0.25) is 17.3 Å². The van der Waals surface area contributed by atoms with Crippen molar-refractivity contribution in [2.24, 2.45) is 0 Å². The summed E-state index contributed by atoms with van der Waals surface area (Å²) in [5.41, 5.74) is 3.18. The molecule has 0 N–H and O–H groups in total. The Balaban J connectivity index is 1.95. The van der Waals surface area contributed by atoms with Crippen molar-refractivity contribution in [3.8, 4) is 0 Å². The first-order valence-electron chi connectivity index (χ1n) is 7.99. The SMILES string of the molecule is c1cnc2c(n1)nc1n2c2nc3nccnc3n2c2nc3nccnc3n12. The first kappa shape index (κ1) is 12.9. The van der Waals surface area contributed by atoms with Gasteiger partial charge in [-0.1, -0.05) is 0 Å². The largest absolute Gasteiger partial charge is 0.233 e. The molecule has 0 spiro atoms. The average molecular weight is 354 g/mol. The molecule has 0 bridgehead atoms. The Hall–Kier alpha value is -4.35. The van der Waals surface area contributed by atoms with Crippen LogP contribution in [0.2, 0.25) is 0 Å². The second-order valence-electron chi connectivity index (χ2n) is 5.85. The van der Waals surface area contributed by atoms with Gasteiger partial charge in [-0.2, -0.15) is 15.0 Å². The summed E-state index contributed by atoms with van der Waals surface area (Å²) < 4.78 is 5.40. The first-order valence-corrected chi connectivity index (χ1v) is 7.99. The Labute approximate surface area is 147 Å². The summed E-state index contributed by atoms with van der Waals surface area (Å²) in [6.07, 6.45) is 9.63. The van der Waals surface area contributed by atoms with Gasteiger partial charge in [-0.05, 0) is 0 Å². The Morgan fingerprint density at radius 3 is 1.04 bits per heavy atom. The van der Waals surface area contributed by atoms with Gasteiger partial charge in [0.15, 0.2) is 33.9 Å². The van der Waals surface area contributed by atoms with Crippen molar-refractivity contribution in [3.63, 3.8) is 0 Å². The first-order chi connectivity index (χ1) is 13.4. The third-order valence-electron chi connectivity index (χ3n) is 4.43. The molecule has 0 fully saturated rings. The molecule has 7 heterocycles. The van der Waals surface area contributed by atoms with Crippen LogP contribution in [0, 0.1) is 0 Å². The third kappa shape index (κ3) is 1.42. The standard InChI is InChI=1S/C15H6N12/c1-4-19-10-7(16-1)22-13-25(10)14-23-9-12(21-6-3-18-9)27(14)15-24-8-11(26(13)15)20-5-2-17-8/h1-6H. The van der Waals surface area contributed by atoms with E-state index in [0.29, 0.717) is 51.2 Å². The number of nitrogens with zero attached hydrogens (tertiary/aromatic N) is 12. The second-order valence-corrected chi connectivity index (χ2v) is 5.85. The predicted octanol–water partition coefficient (Wildman–Crippen LogP) is 0.459. The van der Waals surface area contributed by atoms with Gasteiger partial charge < -0.3 is 0 Å². The molecule has 0 aliphatic carbocycles. The van der Waals surface area contributed by atoms with Crippen molar-refractivity contribution in [2.75, 3.05) is 0 Å². The number of aromatic nitrogens is 12. The minimum Gasteiger partial charge on any atom is -0.233 e. The summed E-state index contributed by atoms with van der Waals surface area (Å²) in [4.78, 5) is 40.2. The summed E-state index contributed by atoms with van der Waals surface area (Å²) in [6.45, 7) is 0. The number of imidazole rings is 3. The Bertz CT molecular complexity index is 1460. The highest BCUT2D eigenvalue weighted by atomic mass is 15.4. The van der Waals surface area contributed by atoms with Crippen LogP contribution in [0.5, 0.6) is 0 Å². The van der Waals surface area contributed by atoms with E-state index >= 15 is 0 Å². The summed E-state index contributed by atoms with van der Waals surface area (Å²) in [7, 11) is 0. The van der Waals surface area contributed by atoms with Gasteiger partial charge in [0.05, 0.1) is 0 Å². The van der Waals surface area contributed by atoms with E-state index in [0.717, 1.165) is 0 Å². The highest BCUT2D eigenvalue weighted by molar-refractivity contribution is 5.84. The van der Waals surface area contributed by atoms with Crippen LogP contribution in [0.15, 0.2) is 37.2 Å². The lowest BCUT2D eigenvalue weighted by Crippen LogP contribution is -2.05. The Kier molecular flexibility index (Phi) is 2.03. The average Bonchev–Trinajstić information content (AvgIpc) is 3.38. The van der Waals surface area contributed by atoms with Crippen molar-refractivity contribution in [1.82, 2.24) is 58.1 Å². The molecule has 126 valence electrons. The molecule has 0 saturated heterocycles. The molecule has 12 nitrogen and oxygen atoms in total. The zero-order valence-electron chi connectivity index (χ0n) is 13.3. The van der Waals surface area contributed by atoms with Crippen molar-refractivity contribution in [2.45, 2.75) is 0 Å². The van der Waals surface area contributed by atoms with Gasteiger partial charge in [0, 0.05) is 37.2 Å². The molecule has 27 heavy (non-hydrogen) atoms. The van der Waals surface area contributed by atoms with Crippen LogP contribution >= 0.6 is 0 Å². The molecule has 12 heteroatoms. The quantitative estimate of drug-likeness (QED) is 0.381. The van der Waals surface area contributed by atoms with Gasteiger partial charge >= 0.3 is 0 Å². The van der Waals surface area contributed by atoms with Crippen molar-refractivity contribution < 1.29 is 0 Å². The summed E-state index contributed by atoms with van der Waals surface area (Å²) in [5.74, 6) is 1.62. The van der Waals surface area contributed by atoms with Crippen molar-refractivity contribution >= 4 is 51.2 Å². The van der Waals surface area contributed by atoms with E-state index in [4.69, 9.17) is 0 Å². The van der Waals surface area contributed by atoms with E-state index in [1.807, 2.05) is 0 Å². The van der Waals surface area contributed by atoms with Crippen LogP contribution in [-0.2, 0) is 0 Å². The molecular formula is C15H6N12. The van der Waals surface area contributed by atoms with E-state index in [9.17, 15) is 0 Å². The molecule has 0 atom stereocenters. The number of fused-ring (bicyclic) bond motifs is 12. The number of hydrogen-bond acceptors (Lipinski definition) is 9. The molecule has 7 aromatic heterocycles. The predicted molar refractivity (Wildman–Crippen MR) is 92.0 cm³/mol. The van der Waals surface area contributed by atoms with Gasteiger partial charge in [0.1, 0.15) is 0 Å². The van der Waals surface area contributed by atoms with Crippen LogP contribution in [0.3, 0.4) is 0 Å². The topological polar surface area (TPSA) is 129 Å². The highest BCUT2D eigenvalue weighted by Crippen LogP contribution is 2.24. The fourth-order valence-corrected chi connectivity index (χ4v) is 3.40. The van der Waals surface area contributed by atoms with Gasteiger partial charge in [0.25, 0.3) is 0 Å². The van der Waals surface area contributed by atoms with E-state index in [1.54, 1.807) is 50.4 Å². The van der Waals surface area contributed by atoms with Crippen LogP contribution < -0.4 is 0 Å². The van der Waals surface area contributed by atoms with Crippen LogP contribution in [0.1, 0.15) is 0 Å². The summed E-state index contributed by atoms with van der Waals surface area (Å²) in [6, 6.07) is 0. The van der Waals surface area contributed by atoms with Crippen LogP contribution in [0.4, 0.5) is 0 Å². The van der Waals surface area contributed by atoms with E-state index in [2.05, 4.69) is 44.9 Å². The molecule has 0 radical (unpaired) electrons. The molecule has 0 saturated carbocycles. The molecule has 0 aliphatic rings. The maximum atomic E-state index is 4.64. The maximum absolute atomic E-state index is 4.64. The van der Waals surface area contributed by atoms with Crippen LogP contribution in [-0.4, -0.2) is 58.1 Å². The normalized spacial score (nSPS) is 12.4. The monoisotopic (exact) mass is 354 g/mol. The molecule has 0 unspecified atom stereocenters. The van der Waals surface area contributed by atoms with Gasteiger partial charge in [-0.15, -0.1) is 0 Å². The lowest BCUT2D eigenvalue weighted by Gasteiger charge is -2.03. The Morgan fingerprint density at radius 1 is 0.407 bits per heavy atom. The molecular weight excluding hydrogens is 348 g/mol. The molecule has 0 aliphatic heterocycles. The lowest BCUT2D eigenvalue weighted by atomic mass is 10.6. The summed E-state index contributed by atoms with van der Waals surface area (Å²) in [5, 5.41) is 0. The van der Waals surface area contributed by atoms with Crippen LogP contribution in [0.25, 0.3) is 51.2 Å². The lowest BCUT2D eigenvalue weighted by molar-refractivity contribution is 0.994. The smallest absolute Gasteiger partial charge is 0.229 e. The number of hydrogen-bond donors (Lipinski definition) is 0. The van der Waals surface area contributed by atoms with Crippen molar-refractivity contribution in [1.29, 1.82) is 0 Å². The minimum atomic E-state index is 0.491. The molecule has 7 rings (SSSR count). The van der Waals surface area contributed by atoms with E-state index in [1.165, 1.54) is 0 Å². The zero-order chi connectivity index (χ0) is 17.5. The minimum absolute atomic E-state index is 0.491. The summed E-state index contributed by atoms with van der Waals surface area (Å²) >= 11 is 0. The zero-order valence-corrected chi connectivity index (χ0v) is 13.3. The fraction of sp³-hybridized carbons (Fsp3) is 0. The molecule has 7 aromatic rings. The fourth-order valence-electron chi connectivity index (χ4n) is 3.40. The van der Waals surface area contributed by atoms with E-state index in [-0.39, 0.29) is 0 Å². The number of rotatable bonds is 0. The van der Waals surface area contributed by atoms with Crippen molar-refractivity contribution in [3.05, 3.63) is 37.2 Å². The van der Waals surface area contributed by atoms with Gasteiger partial charge in [-0.25, -0.2) is 43.1 Å². The highest BCUT2D eigenvalue weighted by Gasteiger charge is 2.22. The second kappa shape index (κ2) is 4.24. The molecule has 0 aromatic carbocycles. The van der Waals surface area contributed by atoms with Gasteiger partial charge in [-0.3, -0.25) is 0 Å². The third-order valence-corrected chi connectivity index (χ3v) is 4.43. The molecule has 0 amide bonds.